The first-order valence-corrected chi connectivity index (χ1v) is 5.81. The summed E-state index contributed by atoms with van der Waals surface area (Å²) in [5.41, 5.74) is 1.37. The molecular weight excluding hydrogens is 232 g/mol. The van der Waals surface area contributed by atoms with E-state index in [0.29, 0.717) is 17.7 Å². The van der Waals surface area contributed by atoms with Crippen molar-refractivity contribution in [1.82, 2.24) is 0 Å². The van der Waals surface area contributed by atoms with Crippen LogP contribution in [0.1, 0.15) is 29.3 Å². The van der Waals surface area contributed by atoms with E-state index >= 15 is 0 Å². The quantitative estimate of drug-likeness (QED) is 0.457. The Bertz CT molecular complexity index is 451. The van der Waals surface area contributed by atoms with Crippen LogP contribution in [-0.2, 0) is 9.53 Å². The number of carbonyl (C=O) groups excluding carboxylic acids is 2. The number of esters is 1. The minimum Gasteiger partial charge on any atom is -0.496 e. The van der Waals surface area contributed by atoms with Crippen LogP contribution in [0.15, 0.2) is 18.2 Å². The lowest BCUT2D eigenvalue weighted by Gasteiger charge is -2.14. The van der Waals surface area contributed by atoms with Gasteiger partial charge in [-0.15, -0.1) is 0 Å². The maximum absolute atomic E-state index is 12.3. The van der Waals surface area contributed by atoms with Gasteiger partial charge in [0, 0.05) is 0 Å². The summed E-state index contributed by atoms with van der Waals surface area (Å²) in [4.78, 5) is 23.9. The first-order valence-electron chi connectivity index (χ1n) is 5.81. The van der Waals surface area contributed by atoms with Gasteiger partial charge in [0.25, 0.3) is 0 Å². The monoisotopic (exact) mass is 250 g/mol. The second-order valence-corrected chi connectivity index (χ2v) is 4.05. The number of methoxy groups -OCH3 is 2. The lowest BCUT2D eigenvalue weighted by atomic mass is 9.94. The van der Waals surface area contributed by atoms with E-state index < -0.39 is 11.9 Å². The SMILES string of the molecule is CCC(C(=O)OC)C(=O)c1cc(C)ccc1OC. The number of ether oxygens (including phenoxy) is 2. The smallest absolute Gasteiger partial charge is 0.316 e. The van der Waals surface area contributed by atoms with Gasteiger partial charge in [-0.05, 0) is 25.5 Å². The lowest BCUT2D eigenvalue weighted by Crippen LogP contribution is -2.25. The van der Waals surface area contributed by atoms with E-state index in [1.807, 2.05) is 13.0 Å². The van der Waals surface area contributed by atoms with Crippen LogP contribution in [-0.4, -0.2) is 26.0 Å². The van der Waals surface area contributed by atoms with Crippen LogP contribution in [0.25, 0.3) is 0 Å². The van der Waals surface area contributed by atoms with Crippen LogP contribution in [0.5, 0.6) is 5.75 Å². The average molecular weight is 250 g/mol. The fraction of sp³-hybridized carbons (Fsp3) is 0.429. The highest BCUT2D eigenvalue weighted by molar-refractivity contribution is 6.10. The number of rotatable bonds is 5. The number of ketones is 1. The van der Waals surface area contributed by atoms with Gasteiger partial charge in [0.1, 0.15) is 11.7 Å². The summed E-state index contributed by atoms with van der Waals surface area (Å²) in [5.74, 6) is -1.06. The van der Waals surface area contributed by atoms with Crippen molar-refractivity contribution >= 4 is 11.8 Å². The predicted octanol–water partition coefficient (Wildman–Crippen LogP) is 2.39. The van der Waals surface area contributed by atoms with Gasteiger partial charge in [0.15, 0.2) is 5.78 Å². The summed E-state index contributed by atoms with van der Waals surface area (Å²) < 4.78 is 9.81. The molecule has 1 atom stereocenters. The summed E-state index contributed by atoms with van der Waals surface area (Å²) in [7, 11) is 2.78. The molecule has 0 radical (unpaired) electrons. The van der Waals surface area contributed by atoms with Gasteiger partial charge in [-0.2, -0.15) is 0 Å². The van der Waals surface area contributed by atoms with E-state index in [1.165, 1.54) is 14.2 Å². The summed E-state index contributed by atoms with van der Waals surface area (Å²) in [6.07, 6.45) is 0.405. The molecule has 1 rings (SSSR count). The molecule has 0 heterocycles. The van der Waals surface area contributed by atoms with Crippen molar-refractivity contribution in [2.24, 2.45) is 5.92 Å². The molecule has 0 spiro atoms. The van der Waals surface area contributed by atoms with Crippen LogP contribution in [0.3, 0.4) is 0 Å². The van der Waals surface area contributed by atoms with Crippen LogP contribution in [0, 0.1) is 12.8 Å². The highest BCUT2D eigenvalue weighted by Gasteiger charge is 2.28. The average Bonchev–Trinajstić information content (AvgIpc) is 2.39. The Kier molecular flexibility index (Phi) is 4.89. The minimum atomic E-state index is -0.773. The zero-order chi connectivity index (χ0) is 13.7. The fourth-order valence-corrected chi connectivity index (χ4v) is 1.80. The number of carbonyl (C=O) groups is 2. The minimum absolute atomic E-state index is 0.259. The van der Waals surface area contributed by atoms with Crippen molar-refractivity contribution in [2.75, 3.05) is 14.2 Å². The molecule has 0 aliphatic carbocycles. The van der Waals surface area contributed by atoms with Gasteiger partial charge in [-0.1, -0.05) is 18.6 Å². The standard InChI is InChI=1S/C14H18O4/c1-5-10(14(16)18-4)13(15)11-8-9(2)6-7-12(11)17-3/h6-8,10H,5H2,1-4H3. The molecule has 0 aliphatic heterocycles. The van der Waals surface area contributed by atoms with E-state index in [0.717, 1.165) is 5.56 Å². The van der Waals surface area contributed by atoms with Gasteiger partial charge in [0.2, 0.25) is 0 Å². The normalized spacial score (nSPS) is 11.8. The van der Waals surface area contributed by atoms with Gasteiger partial charge in [0.05, 0.1) is 19.8 Å². The van der Waals surface area contributed by atoms with E-state index in [9.17, 15) is 9.59 Å². The fourth-order valence-electron chi connectivity index (χ4n) is 1.80. The molecule has 0 fully saturated rings. The Hall–Kier alpha value is -1.84. The molecule has 0 N–H and O–H groups in total. The summed E-state index contributed by atoms with van der Waals surface area (Å²) in [6.45, 7) is 3.66. The molecule has 0 bridgehead atoms. The molecule has 1 aromatic carbocycles. The third kappa shape index (κ3) is 2.88. The predicted molar refractivity (Wildman–Crippen MR) is 67.9 cm³/mol. The van der Waals surface area contributed by atoms with Crippen LogP contribution < -0.4 is 4.74 Å². The Balaban J connectivity index is 3.15. The third-order valence-corrected chi connectivity index (χ3v) is 2.83. The van der Waals surface area contributed by atoms with Crippen molar-refractivity contribution in [3.63, 3.8) is 0 Å². The zero-order valence-electron chi connectivity index (χ0n) is 11.1. The van der Waals surface area contributed by atoms with Crippen LogP contribution in [0.2, 0.25) is 0 Å². The van der Waals surface area contributed by atoms with E-state index in [-0.39, 0.29) is 5.78 Å². The number of hydrogen-bond acceptors (Lipinski definition) is 4. The maximum atomic E-state index is 12.3. The molecule has 0 amide bonds. The van der Waals surface area contributed by atoms with Crippen LogP contribution in [0.4, 0.5) is 0 Å². The Morgan fingerprint density at radius 2 is 1.94 bits per heavy atom. The maximum Gasteiger partial charge on any atom is 0.316 e. The van der Waals surface area contributed by atoms with Crippen molar-refractivity contribution in [3.8, 4) is 5.75 Å². The molecule has 0 saturated carbocycles. The van der Waals surface area contributed by atoms with Gasteiger partial charge in [-0.25, -0.2) is 0 Å². The van der Waals surface area contributed by atoms with E-state index in [1.54, 1.807) is 19.1 Å². The van der Waals surface area contributed by atoms with Gasteiger partial charge in [-0.3, -0.25) is 9.59 Å². The van der Waals surface area contributed by atoms with Crippen molar-refractivity contribution in [3.05, 3.63) is 29.3 Å². The highest BCUT2D eigenvalue weighted by Crippen LogP contribution is 2.24. The molecule has 4 nitrogen and oxygen atoms in total. The summed E-state index contributed by atoms with van der Waals surface area (Å²) in [5, 5.41) is 0. The van der Waals surface area contributed by atoms with Crippen LogP contribution >= 0.6 is 0 Å². The number of benzene rings is 1. The summed E-state index contributed by atoms with van der Waals surface area (Å²) in [6, 6.07) is 5.31. The number of aryl methyl sites for hydroxylation is 1. The zero-order valence-corrected chi connectivity index (χ0v) is 11.1. The summed E-state index contributed by atoms with van der Waals surface area (Å²) >= 11 is 0. The largest absolute Gasteiger partial charge is 0.496 e. The van der Waals surface area contributed by atoms with Crippen molar-refractivity contribution in [2.45, 2.75) is 20.3 Å². The van der Waals surface area contributed by atoms with E-state index in [4.69, 9.17) is 4.74 Å². The second-order valence-electron chi connectivity index (χ2n) is 4.05. The van der Waals surface area contributed by atoms with Gasteiger partial charge >= 0.3 is 5.97 Å². The first-order chi connectivity index (χ1) is 8.54. The van der Waals surface area contributed by atoms with E-state index in [2.05, 4.69) is 4.74 Å². The Morgan fingerprint density at radius 3 is 2.44 bits per heavy atom. The Labute approximate surface area is 107 Å². The highest BCUT2D eigenvalue weighted by atomic mass is 16.5. The lowest BCUT2D eigenvalue weighted by molar-refractivity contribution is -0.143. The molecule has 0 aromatic heterocycles. The van der Waals surface area contributed by atoms with Crippen molar-refractivity contribution in [1.29, 1.82) is 0 Å². The Morgan fingerprint density at radius 1 is 1.28 bits per heavy atom. The number of hydrogen-bond donors (Lipinski definition) is 0. The number of Topliss-reactive ketones (excluding diaryl/α,β-unsaturated/α-hetero) is 1. The molecule has 18 heavy (non-hydrogen) atoms. The molecule has 1 aromatic rings. The molecule has 0 saturated heterocycles. The third-order valence-electron chi connectivity index (χ3n) is 2.83. The van der Waals surface area contributed by atoms with Gasteiger partial charge < -0.3 is 9.47 Å². The topological polar surface area (TPSA) is 52.6 Å². The second kappa shape index (κ2) is 6.19. The molecule has 98 valence electrons. The first kappa shape index (κ1) is 14.2. The molecule has 1 unspecified atom stereocenters. The molecule has 0 aliphatic rings. The molecular formula is C14H18O4. The van der Waals surface area contributed by atoms with Crippen molar-refractivity contribution < 1.29 is 19.1 Å². The molecule has 4 heteroatoms.